The fraction of sp³-hybridized carbons (Fsp3) is 0.111. The second-order valence-corrected chi connectivity index (χ2v) is 6.26. The molecule has 0 spiro atoms. The number of benzene rings is 2. The summed E-state index contributed by atoms with van der Waals surface area (Å²) in [6.45, 7) is 4.58. The van der Waals surface area contributed by atoms with E-state index in [2.05, 4.69) is 22.4 Å². The molecule has 7 heteroatoms. The quantitative estimate of drug-likeness (QED) is 0.292. The number of thiocarbonyl (C=S) groups is 1. The summed E-state index contributed by atoms with van der Waals surface area (Å²) in [5.41, 5.74) is 4.66. The Morgan fingerprint density at radius 3 is 2.84 bits per heavy atom. The average molecular weight is 395 g/mol. The summed E-state index contributed by atoms with van der Waals surface area (Å²) >= 11 is 17.1. The number of hydrazine groups is 1. The Bertz CT molecular complexity index is 781. The first-order chi connectivity index (χ1) is 12.1. The van der Waals surface area contributed by atoms with Crippen LogP contribution in [0.1, 0.15) is 11.1 Å². The van der Waals surface area contributed by atoms with E-state index >= 15 is 0 Å². The van der Waals surface area contributed by atoms with Gasteiger partial charge in [0.05, 0.1) is 0 Å². The minimum atomic E-state index is 0.362. The van der Waals surface area contributed by atoms with E-state index in [9.17, 15) is 0 Å². The maximum atomic E-state index is 6.15. The number of hydrazone groups is 1. The van der Waals surface area contributed by atoms with Gasteiger partial charge in [0.2, 0.25) is 5.11 Å². The molecular formula is C18H18Cl2N3OS+. The fourth-order valence-electron chi connectivity index (χ4n) is 1.89. The van der Waals surface area contributed by atoms with Gasteiger partial charge in [0.25, 0.3) is 0 Å². The molecule has 0 atom stereocenters. The molecule has 4 nitrogen and oxygen atoms in total. The second kappa shape index (κ2) is 10.0. The zero-order chi connectivity index (χ0) is 18.1. The minimum absolute atomic E-state index is 0.362. The van der Waals surface area contributed by atoms with Gasteiger partial charge in [0.1, 0.15) is 12.4 Å². The van der Waals surface area contributed by atoms with Gasteiger partial charge < -0.3 is 10.1 Å². The van der Waals surface area contributed by atoms with Gasteiger partial charge in [-0.3, -0.25) is 0 Å². The lowest BCUT2D eigenvalue weighted by Gasteiger charge is -2.08. The molecule has 0 aliphatic carbocycles. The molecule has 2 aromatic rings. The van der Waals surface area contributed by atoms with Crippen molar-refractivity contribution >= 4 is 46.7 Å². The molecule has 25 heavy (non-hydrogen) atoms. The Morgan fingerprint density at radius 1 is 1.24 bits per heavy atom. The predicted octanol–water partition coefficient (Wildman–Crippen LogP) is 2.64. The molecule has 0 heterocycles. The van der Waals surface area contributed by atoms with Crippen molar-refractivity contribution in [2.24, 2.45) is 0 Å². The molecule has 0 amide bonds. The van der Waals surface area contributed by atoms with Crippen LogP contribution >= 0.6 is 35.4 Å². The van der Waals surface area contributed by atoms with Gasteiger partial charge in [0.15, 0.2) is 6.21 Å². The van der Waals surface area contributed by atoms with Gasteiger partial charge in [-0.15, -0.1) is 17.1 Å². The van der Waals surface area contributed by atoms with E-state index in [1.165, 1.54) is 0 Å². The first-order valence-corrected chi connectivity index (χ1v) is 8.65. The van der Waals surface area contributed by atoms with Crippen molar-refractivity contribution in [1.82, 2.24) is 10.7 Å². The zero-order valence-electron chi connectivity index (χ0n) is 13.4. The van der Waals surface area contributed by atoms with Crippen LogP contribution in [0.4, 0.5) is 0 Å². The fourth-order valence-corrected chi connectivity index (χ4v) is 2.49. The molecule has 0 bridgehead atoms. The molecule has 0 unspecified atom stereocenters. The average Bonchev–Trinajstić information content (AvgIpc) is 2.59. The van der Waals surface area contributed by atoms with Crippen LogP contribution in [0, 0.1) is 0 Å². The first kappa shape index (κ1) is 19.2. The standard InChI is InChI=1S/C18H17Cl2N3OS/c1-2-8-21-18(25)23-22-11-13-4-3-5-16(9-13)24-12-14-6-7-15(19)10-17(14)20/h2-7,9-11H,1,8,12H2,(H2,21,23,25)/p+1. The maximum Gasteiger partial charge on any atom is 0.224 e. The van der Waals surface area contributed by atoms with E-state index < -0.39 is 0 Å². The summed E-state index contributed by atoms with van der Waals surface area (Å²) in [5.74, 6) is 0.730. The molecule has 3 N–H and O–H groups in total. The Kier molecular flexibility index (Phi) is 7.73. The summed E-state index contributed by atoms with van der Waals surface area (Å²) in [5, 5.41) is 7.55. The Labute approximate surface area is 162 Å². The van der Waals surface area contributed by atoms with Crippen LogP contribution in [-0.2, 0) is 6.61 Å². The number of nitrogens with one attached hydrogen (secondary N) is 3. The maximum absolute atomic E-state index is 6.15. The summed E-state index contributed by atoms with van der Waals surface area (Å²) < 4.78 is 5.79. The van der Waals surface area contributed by atoms with Crippen molar-refractivity contribution in [1.29, 1.82) is 0 Å². The first-order valence-electron chi connectivity index (χ1n) is 7.49. The molecule has 0 saturated heterocycles. The Balaban J connectivity index is 1.92. The highest BCUT2D eigenvalue weighted by Crippen LogP contribution is 2.22. The highest BCUT2D eigenvalue weighted by molar-refractivity contribution is 7.80. The monoisotopic (exact) mass is 394 g/mol. The van der Waals surface area contributed by atoms with Crippen LogP contribution in [0.25, 0.3) is 0 Å². The van der Waals surface area contributed by atoms with Gasteiger partial charge in [-0.25, -0.2) is 0 Å². The van der Waals surface area contributed by atoms with Gasteiger partial charge in [0, 0.05) is 27.7 Å². The van der Waals surface area contributed by atoms with Crippen LogP contribution in [0.3, 0.4) is 0 Å². The van der Waals surface area contributed by atoms with Crippen LogP contribution < -0.4 is 20.6 Å². The van der Waals surface area contributed by atoms with Crippen LogP contribution in [0.2, 0.25) is 10.0 Å². The minimum Gasteiger partial charge on any atom is -0.489 e. The van der Waals surface area contributed by atoms with Crippen LogP contribution in [0.5, 0.6) is 5.75 Å². The molecule has 0 fully saturated rings. The van der Waals surface area contributed by atoms with Crippen molar-refractivity contribution in [2.45, 2.75) is 6.61 Å². The molecule has 0 aliphatic rings. The largest absolute Gasteiger partial charge is 0.489 e. The smallest absolute Gasteiger partial charge is 0.224 e. The number of hydrogen-bond acceptors (Lipinski definition) is 2. The number of ether oxygens (including phenoxy) is 1. The molecule has 130 valence electrons. The van der Waals surface area contributed by atoms with Crippen molar-refractivity contribution in [3.05, 3.63) is 76.3 Å². The molecular weight excluding hydrogens is 377 g/mol. The summed E-state index contributed by atoms with van der Waals surface area (Å²) in [6.07, 6.45) is 3.51. The Hall–Kier alpha value is -2.08. The number of halogens is 2. The van der Waals surface area contributed by atoms with Crippen LogP contribution in [-0.4, -0.2) is 17.9 Å². The van der Waals surface area contributed by atoms with Crippen molar-refractivity contribution in [3.8, 4) is 5.75 Å². The second-order valence-electron chi connectivity index (χ2n) is 5.01. The third kappa shape index (κ3) is 6.74. The lowest BCUT2D eigenvalue weighted by molar-refractivity contribution is -0.500. The van der Waals surface area contributed by atoms with E-state index in [0.717, 1.165) is 16.9 Å². The molecule has 2 aromatic carbocycles. The summed E-state index contributed by atoms with van der Waals surface area (Å²) in [4.78, 5) is 0. The van der Waals surface area contributed by atoms with Crippen molar-refractivity contribution in [2.75, 3.05) is 6.54 Å². The van der Waals surface area contributed by atoms with Gasteiger partial charge in [-0.2, -0.15) is 0 Å². The molecule has 0 radical (unpaired) electrons. The summed E-state index contributed by atoms with van der Waals surface area (Å²) in [6, 6.07) is 13.0. The SMILES string of the molecule is C=CCNC(=S)N[NH+]=Cc1cccc(OCc2ccc(Cl)cc2Cl)c1. The van der Waals surface area contributed by atoms with E-state index in [4.69, 9.17) is 40.2 Å². The highest BCUT2D eigenvalue weighted by Gasteiger charge is 2.03. The topological polar surface area (TPSA) is 47.3 Å². The predicted molar refractivity (Wildman–Crippen MR) is 107 cm³/mol. The van der Waals surface area contributed by atoms with Crippen LogP contribution in [0.15, 0.2) is 55.1 Å². The lowest BCUT2D eigenvalue weighted by Crippen LogP contribution is -2.82. The number of rotatable bonds is 7. The van der Waals surface area contributed by atoms with E-state index in [0.29, 0.717) is 28.3 Å². The third-order valence-electron chi connectivity index (χ3n) is 3.10. The van der Waals surface area contributed by atoms with Gasteiger partial charge in [-0.1, -0.05) is 41.4 Å². The van der Waals surface area contributed by atoms with E-state index in [1.54, 1.807) is 24.4 Å². The molecule has 2 rings (SSSR count). The normalized spacial score (nSPS) is 10.5. The third-order valence-corrected chi connectivity index (χ3v) is 3.93. The van der Waals surface area contributed by atoms with Crippen molar-refractivity contribution < 1.29 is 9.84 Å². The van der Waals surface area contributed by atoms with E-state index in [1.807, 2.05) is 30.3 Å². The van der Waals surface area contributed by atoms with Gasteiger partial charge in [-0.05, 0) is 42.5 Å². The Morgan fingerprint density at radius 2 is 2.08 bits per heavy atom. The lowest BCUT2D eigenvalue weighted by atomic mass is 10.2. The molecule has 0 saturated carbocycles. The zero-order valence-corrected chi connectivity index (χ0v) is 15.7. The number of hydrogen-bond donors (Lipinski definition) is 3. The molecule has 0 aromatic heterocycles. The van der Waals surface area contributed by atoms with E-state index in [-0.39, 0.29) is 0 Å². The van der Waals surface area contributed by atoms with Crippen molar-refractivity contribution in [3.63, 3.8) is 0 Å². The van der Waals surface area contributed by atoms with Gasteiger partial charge >= 0.3 is 0 Å². The molecule has 0 aliphatic heterocycles. The highest BCUT2D eigenvalue weighted by atomic mass is 35.5. The summed E-state index contributed by atoms with van der Waals surface area (Å²) in [7, 11) is 0.